The van der Waals surface area contributed by atoms with Gasteiger partial charge in [-0.05, 0) is 45.7 Å². The molecule has 0 aliphatic rings. The first-order valence-electron chi connectivity index (χ1n) is 8.35. The Morgan fingerprint density at radius 1 is 1.13 bits per heavy atom. The molecule has 0 aromatic heterocycles. The quantitative estimate of drug-likeness (QED) is 0.390. The van der Waals surface area contributed by atoms with E-state index in [9.17, 15) is 0 Å². The molecule has 0 aliphatic carbocycles. The van der Waals surface area contributed by atoms with Gasteiger partial charge in [-0.3, -0.25) is 4.99 Å². The zero-order valence-electron chi connectivity index (χ0n) is 15.2. The van der Waals surface area contributed by atoms with Crippen LogP contribution in [0.1, 0.15) is 33.3 Å². The standard InChI is InChI=1S/C18H32N4O/c1-6-19-17(21-13-14-22-18(2,3)4)20-12-11-15-9-7-8-10-16(15)23-5/h7-10,22H,6,11-14H2,1-5H3,(H2,19,20,21). The van der Waals surface area contributed by atoms with Gasteiger partial charge in [-0.25, -0.2) is 0 Å². The number of guanidine groups is 1. The number of methoxy groups -OCH3 is 1. The third kappa shape index (κ3) is 8.45. The SMILES string of the molecule is CCNC(=NCCNC(C)(C)C)NCCc1ccccc1OC. The van der Waals surface area contributed by atoms with E-state index >= 15 is 0 Å². The van der Waals surface area contributed by atoms with Gasteiger partial charge in [0.1, 0.15) is 5.75 Å². The first-order valence-corrected chi connectivity index (χ1v) is 8.35. The highest BCUT2D eigenvalue weighted by molar-refractivity contribution is 5.79. The van der Waals surface area contributed by atoms with Crippen LogP contribution in [0.2, 0.25) is 0 Å². The molecule has 1 rings (SSSR count). The van der Waals surface area contributed by atoms with Crippen LogP contribution < -0.4 is 20.7 Å². The normalized spacial score (nSPS) is 12.1. The summed E-state index contributed by atoms with van der Waals surface area (Å²) < 4.78 is 5.38. The zero-order valence-corrected chi connectivity index (χ0v) is 15.2. The van der Waals surface area contributed by atoms with E-state index in [1.807, 2.05) is 18.2 Å². The van der Waals surface area contributed by atoms with Gasteiger partial charge in [0.25, 0.3) is 0 Å². The van der Waals surface area contributed by atoms with E-state index in [0.29, 0.717) is 0 Å². The number of hydrogen-bond acceptors (Lipinski definition) is 3. The molecule has 130 valence electrons. The summed E-state index contributed by atoms with van der Waals surface area (Å²) in [5.74, 6) is 1.80. The van der Waals surface area contributed by atoms with Crippen LogP contribution in [0.4, 0.5) is 0 Å². The molecule has 1 aromatic rings. The molecular weight excluding hydrogens is 288 g/mol. The lowest BCUT2D eigenvalue weighted by molar-refractivity contribution is 0.409. The number of nitrogens with one attached hydrogen (secondary N) is 3. The fraction of sp³-hybridized carbons (Fsp3) is 0.611. The van der Waals surface area contributed by atoms with Gasteiger partial charge in [0, 0.05) is 25.2 Å². The fourth-order valence-electron chi connectivity index (χ4n) is 2.17. The van der Waals surface area contributed by atoms with Crippen molar-refractivity contribution in [2.75, 3.05) is 33.3 Å². The molecule has 0 bridgehead atoms. The third-order valence-corrected chi connectivity index (χ3v) is 3.26. The molecule has 1 aromatic carbocycles. The highest BCUT2D eigenvalue weighted by Gasteiger charge is 2.07. The summed E-state index contributed by atoms with van der Waals surface area (Å²) in [5, 5.41) is 10.1. The van der Waals surface area contributed by atoms with Crippen LogP contribution in [-0.4, -0.2) is 44.8 Å². The average molecular weight is 320 g/mol. The molecule has 0 spiro atoms. The van der Waals surface area contributed by atoms with Crippen LogP contribution in [0.15, 0.2) is 29.3 Å². The van der Waals surface area contributed by atoms with Gasteiger partial charge < -0.3 is 20.7 Å². The summed E-state index contributed by atoms with van der Waals surface area (Å²) in [4.78, 5) is 4.59. The van der Waals surface area contributed by atoms with Gasteiger partial charge in [0.15, 0.2) is 5.96 Å². The predicted octanol–water partition coefficient (Wildman–Crippen LogP) is 2.18. The molecular formula is C18H32N4O. The van der Waals surface area contributed by atoms with E-state index in [1.54, 1.807) is 7.11 Å². The Balaban J connectivity index is 2.43. The molecule has 0 saturated carbocycles. The lowest BCUT2D eigenvalue weighted by atomic mass is 10.1. The summed E-state index contributed by atoms with van der Waals surface area (Å²) in [7, 11) is 1.71. The summed E-state index contributed by atoms with van der Waals surface area (Å²) in [5.41, 5.74) is 1.33. The van der Waals surface area contributed by atoms with Crippen molar-refractivity contribution in [2.45, 2.75) is 39.7 Å². The van der Waals surface area contributed by atoms with Crippen molar-refractivity contribution >= 4 is 5.96 Å². The largest absolute Gasteiger partial charge is 0.496 e. The zero-order chi connectivity index (χ0) is 17.1. The minimum absolute atomic E-state index is 0.130. The van der Waals surface area contributed by atoms with E-state index in [2.05, 4.69) is 54.7 Å². The molecule has 0 saturated heterocycles. The van der Waals surface area contributed by atoms with Crippen LogP contribution >= 0.6 is 0 Å². The van der Waals surface area contributed by atoms with Crippen molar-refractivity contribution in [3.63, 3.8) is 0 Å². The Labute approximate surface area is 140 Å². The number of ether oxygens (including phenoxy) is 1. The number of aliphatic imine (C=N–C) groups is 1. The van der Waals surface area contributed by atoms with Gasteiger partial charge in [0.05, 0.1) is 13.7 Å². The topological polar surface area (TPSA) is 57.7 Å². The van der Waals surface area contributed by atoms with Crippen LogP contribution in [-0.2, 0) is 6.42 Å². The van der Waals surface area contributed by atoms with Gasteiger partial charge in [-0.2, -0.15) is 0 Å². The van der Waals surface area contributed by atoms with E-state index in [4.69, 9.17) is 4.74 Å². The molecule has 5 heteroatoms. The Kier molecular flexibility index (Phi) is 8.48. The van der Waals surface area contributed by atoms with Gasteiger partial charge in [0.2, 0.25) is 0 Å². The number of para-hydroxylation sites is 1. The maximum atomic E-state index is 5.38. The molecule has 0 fully saturated rings. The first-order chi connectivity index (χ1) is 11.0. The van der Waals surface area contributed by atoms with Crippen molar-refractivity contribution < 1.29 is 4.74 Å². The molecule has 0 amide bonds. The maximum absolute atomic E-state index is 5.38. The Hall–Kier alpha value is -1.75. The lowest BCUT2D eigenvalue weighted by Gasteiger charge is -2.20. The van der Waals surface area contributed by atoms with Gasteiger partial charge >= 0.3 is 0 Å². The van der Waals surface area contributed by atoms with Crippen molar-refractivity contribution in [3.05, 3.63) is 29.8 Å². The Bertz CT molecular complexity index is 480. The van der Waals surface area contributed by atoms with E-state index in [-0.39, 0.29) is 5.54 Å². The summed E-state index contributed by atoms with van der Waals surface area (Å²) >= 11 is 0. The first kappa shape index (κ1) is 19.3. The molecule has 3 N–H and O–H groups in total. The van der Waals surface area contributed by atoms with Crippen LogP contribution in [0.3, 0.4) is 0 Å². The van der Waals surface area contributed by atoms with Crippen molar-refractivity contribution in [1.82, 2.24) is 16.0 Å². The smallest absolute Gasteiger partial charge is 0.191 e. The van der Waals surface area contributed by atoms with Crippen LogP contribution in [0.5, 0.6) is 5.75 Å². The molecule has 0 atom stereocenters. The van der Waals surface area contributed by atoms with Crippen LogP contribution in [0.25, 0.3) is 0 Å². The second-order valence-electron chi connectivity index (χ2n) is 6.43. The Morgan fingerprint density at radius 3 is 2.52 bits per heavy atom. The molecule has 23 heavy (non-hydrogen) atoms. The number of benzene rings is 1. The number of rotatable bonds is 8. The minimum Gasteiger partial charge on any atom is -0.496 e. The number of nitrogens with zero attached hydrogens (tertiary/aromatic N) is 1. The van der Waals surface area contributed by atoms with E-state index < -0.39 is 0 Å². The van der Waals surface area contributed by atoms with Crippen LogP contribution in [0, 0.1) is 0 Å². The second-order valence-corrected chi connectivity index (χ2v) is 6.43. The van der Waals surface area contributed by atoms with Crippen molar-refractivity contribution in [1.29, 1.82) is 0 Å². The predicted molar refractivity (Wildman–Crippen MR) is 98.4 cm³/mol. The van der Waals surface area contributed by atoms with E-state index in [0.717, 1.165) is 44.3 Å². The Morgan fingerprint density at radius 2 is 1.87 bits per heavy atom. The monoisotopic (exact) mass is 320 g/mol. The summed E-state index contributed by atoms with van der Waals surface area (Å²) in [6, 6.07) is 8.11. The summed E-state index contributed by atoms with van der Waals surface area (Å²) in [6.45, 7) is 11.8. The van der Waals surface area contributed by atoms with E-state index in [1.165, 1.54) is 5.56 Å². The molecule has 0 heterocycles. The van der Waals surface area contributed by atoms with Gasteiger partial charge in [-0.1, -0.05) is 18.2 Å². The van der Waals surface area contributed by atoms with Crippen molar-refractivity contribution in [3.8, 4) is 5.75 Å². The number of hydrogen-bond donors (Lipinski definition) is 3. The maximum Gasteiger partial charge on any atom is 0.191 e. The minimum atomic E-state index is 0.130. The molecule has 0 aliphatic heterocycles. The fourth-order valence-corrected chi connectivity index (χ4v) is 2.17. The highest BCUT2D eigenvalue weighted by Crippen LogP contribution is 2.17. The second kappa shape index (κ2) is 10.1. The van der Waals surface area contributed by atoms with Gasteiger partial charge in [-0.15, -0.1) is 0 Å². The molecule has 5 nitrogen and oxygen atoms in total. The van der Waals surface area contributed by atoms with Crippen molar-refractivity contribution in [2.24, 2.45) is 4.99 Å². The molecule has 0 radical (unpaired) electrons. The highest BCUT2D eigenvalue weighted by atomic mass is 16.5. The summed E-state index contributed by atoms with van der Waals surface area (Å²) in [6.07, 6.45) is 0.897. The third-order valence-electron chi connectivity index (χ3n) is 3.26. The molecule has 0 unspecified atom stereocenters. The average Bonchev–Trinajstić information content (AvgIpc) is 2.51. The lowest BCUT2D eigenvalue weighted by Crippen LogP contribution is -2.40.